The van der Waals surface area contributed by atoms with E-state index in [-0.39, 0.29) is 11.8 Å². The molecule has 0 saturated heterocycles. The molecule has 0 bridgehead atoms. The van der Waals surface area contributed by atoms with Crippen LogP contribution in [-0.2, 0) is 15.8 Å². The highest BCUT2D eigenvalue weighted by molar-refractivity contribution is 7.88. The molecule has 1 saturated carbocycles. The van der Waals surface area contributed by atoms with Crippen LogP contribution < -0.4 is 10.5 Å². The molecule has 0 amide bonds. The van der Waals surface area contributed by atoms with Crippen molar-refractivity contribution in [1.82, 2.24) is 9.71 Å². The zero-order chi connectivity index (χ0) is 14.9. The van der Waals surface area contributed by atoms with Gasteiger partial charge in [-0.3, -0.25) is 4.98 Å². The molecule has 21 heavy (non-hydrogen) atoms. The molecule has 1 heterocycles. The van der Waals surface area contributed by atoms with E-state index in [1.54, 1.807) is 12.3 Å². The summed E-state index contributed by atoms with van der Waals surface area (Å²) in [7, 11) is -3.40. The number of aromatic nitrogens is 1. The van der Waals surface area contributed by atoms with Crippen LogP contribution >= 0.6 is 0 Å². The molecule has 1 unspecified atom stereocenters. The first-order valence-electron chi connectivity index (χ1n) is 7.11. The van der Waals surface area contributed by atoms with Gasteiger partial charge in [-0.05, 0) is 30.4 Å². The lowest BCUT2D eigenvalue weighted by atomic mass is 10.1. The van der Waals surface area contributed by atoms with E-state index in [9.17, 15) is 8.42 Å². The van der Waals surface area contributed by atoms with E-state index < -0.39 is 10.0 Å². The highest BCUT2D eigenvalue weighted by Crippen LogP contribution is 2.31. The SMILES string of the molecule is NC(CNS(=O)(=O)Cc1cccc2cccnc12)C1CC1. The average molecular weight is 305 g/mol. The summed E-state index contributed by atoms with van der Waals surface area (Å²) in [6.45, 7) is 0.311. The van der Waals surface area contributed by atoms with Crippen LogP contribution in [-0.4, -0.2) is 26.0 Å². The Hall–Kier alpha value is -1.50. The molecule has 1 atom stereocenters. The molecule has 3 N–H and O–H groups in total. The molecule has 0 aliphatic heterocycles. The molecule has 2 aromatic rings. The van der Waals surface area contributed by atoms with Gasteiger partial charge in [0, 0.05) is 24.2 Å². The molecule has 5 nitrogen and oxygen atoms in total. The van der Waals surface area contributed by atoms with Crippen LogP contribution in [0.3, 0.4) is 0 Å². The number of hydrogen-bond acceptors (Lipinski definition) is 4. The largest absolute Gasteiger partial charge is 0.326 e. The van der Waals surface area contributed by atoms with Gasteiger partial charge in [-0.1, -0.05) is 24.3 Å². The van der Waals surface area contributed by atoms with Gasteiger partial charge in [-0.15, -0.1) is 0 Å². The highest BCUT2D eigenvalue weighted by atomic mass is 32.2. The summed E-state index contributed by atoms with van der Waals surface area (Å²) < 4.78 is 27.0. The maximum atomic E-state index is 12.2. The molecule has 1 aromatic heterocycles. The quantitative estimate of drug-likeness (QED) is 0.844. The zero-order valence-electron chi connectivity index (χ0n) is 11.7. The van der Waals surface area contributed by atoms with Crippen LogP contribution in [0.2, 0.25) is 0 Å². The lowest BCUT2D eigenvalue weighted by Gasteiger charge is -2.12. The first-order valence-corrected chi connectivity index (χ1v) is 8.76. The Morgan fingerprint density at radius 2 is 2.05 bits per heavy atom. The normalized spacial score (nSPS) is 17.0. The Bertz CT molecular complexity index is 736. The molecule has 6 heteroatoms. The van der Waals surface area contributed by atoms with E-state index >= 15 is 0 Å². The van der Waals surface area contributed by atoms with E-state index in [1.807, 2.05) is 24.3 Å². The molecule has 1 aliphatic carbocycles. The Morgan fingerprint density at radius 3 is 2.81 bits per heavy atom. The standard InChI is InChI=1S/C15H19N3O2S/c16-14(11-6-7-11)9-18-21(19,20)10-13-4-1-3-12-5-2-8-17-15(12)13/h1-5,8,11,14,18H,6-7,9-10,16H2. The fraction of sp³-hybridized carbons (Fsp3) is 0.400. The van der Waals surface area contributed by atoms with Crippen molar-refractivity contribution in [2.24, 2.45) is 11.7 Å². The Morgan fingerprint density at radius 1 is 1.29 bits per heavy atom. The monoisotopic (exact) mass is 305 g/mol. The Labute approximate surface area is 124 Å². The van der Waals surface area contributed by atoms with Gasteiger partial charge in [0.1, 0.15) is 0 Å². The molecular weight excluding hydrogens is 286 g/mol. The number of fused-ring (bicyclic) bond motifs is 1. The molecule has 112 valence electrons. The van der Waals surface area contributed by atoms with Crippen molar-refractivity contribution in [1.29, 1.82) is 0 Å². The lowest BCUT2D eigenvalue weighted by molar-refractivity contribution is 0.547. The van der Waals surface area contributed by atoms with Crippen LogP contribution in [0.15, 0.2) is 36.5 Å². The summed E-state index contributed by atoms with van der Waals surface area (Å²) in [4.78, 5) is 4.28. The van der Waals surface area contributed by atoms with E-state index in [4.69, 9.17) is 5.73 Å². The number of pyridine rings is 1. The molecule has 0 radical (unpaired) electrons. The molecule has 1 fully saturated rings. The minimum atomic E-state index is -3.40. The van der Waals surface area contributed by atoms with Gasteiger partial charge >= 0.3 is 0 Å². The predicted molar refractivity (Wildman–Crippen MR) is 83.1 cm³/mol. The van der Waals surface area contributed by atoms with Gasteiger partial charge in [0.2, 0.25) is 10.0 Å². The highest BCUT2D eigenvalue weighted by Gasteiger charge is 2.29. The second-order valence-electron chi connectivity index (χ2n) is 5.60. The van der Waals surface area contributed by atoms with Crippen LogP contribution in [0.4, 0.5) is 0 Å². The predicted octanol–water partition coefficient (Wildman–Crippen LogP) is 1.39. The third-order valence-corrected chi connectivity index (χ3v) is 5.13. The number of benzene rings is 1. The molecule has 0 spiro atoms. The van der Waals surface area contributed by atoms with Crippen molar-refractivity contribution in [3.05, 3.63) is 42.1 Å². The smallest absolute Gasteiger partial charge is 0.215 e. The first-order chi connectivity index (χ1) is 10.1. The van der Waals surface area contributed by atoms with Crippen LogP contribution in [0.5, 0.6) is 0 Å². The van der Waals surface area contributed by atoms with Gasteiger partial charge in [0.25, 0.3) is 0 Å². The van der Waals surface area contributed by atoms with Crippen molar-refractivity contribution >= 4 is 20.9 Å². The minimum Gasteiger partial charge on any atom is -0.326 e. The summed E-state index contributed by atoms with van der Waals surface area (Å²) >= 11 is 0. The van der Waals surface area contributed by atoms with Crippen LogP contribution in [0.1, 0.15) is 18.4 Å². The maximum absolute atomic E-state index is 12.2. The number of nitrogens with one attached hydrogen (secondary N) is 1. The third kappa shape index (κ3) is 3.58. The van der Waals surface area contributed by atoms with Crippen molar-refractivity contribution in [3.63, 3.8) is 0 Å². The van der Waals surface area contributed by atoms with Gasteiger partial charge in [-0.25, -0.2) is 13.1 Å². The average Bonchev–Trinajstić information content (AvgIpc) is 3.30. The fourth-order valence-corrected chi connectivity index (χ4v) is 3.64. The van der Waals surface area contributed by atoms with Crippen molar-refractivity contribution in [3.8, 4) is 0 Å². The lowest BCUT2D eigenvalue weighted by Crippen LogP contribution is -2.39. The Kier molecular flexibility index (Phi) is 3.93. The summed E-state index contributed by atoms with van der Waals surface area (Å²) in [5.74, 6) is 0.408. The van der Waals surface area contributed by atoms with Crippen LogP contribution in [0, 0.1) is 5.92 Å². The number of sulfonamides is 1. The van der Waals surface area contributed by atoms with Crippen LogP contribution in [0.25, 0.3) is 10.9 Å². The van der Waals surface area contributed by atoms with Gasteiger partial charge in [0.05, 0.1) is 11.3 Å². The summed E-state index contributed by atoms with van der Waals surface area (Å²) in [5.41, 5.74) is 7.37. The molecule has 3 rings (SSSR count). The van der Waals surface area contributed by atoms with Gasteiger partial charge in [-0.2, -0.15) is 0 Å². The number of para-hydroxylation sites is 1. The summed E-state index contributed by atoms with van der Waals surface area (Å²) in [6.07, 6.45) is 3.89. The van der Waals surface area contributed by atoms with E-state index in [1.165, 1.54) is 0 Å². The summed E-state index contributed by atoms with van der Waals surface area (Å²) in [5, 5.41) is 0.944. The number of nitrogens with two attached hydrogens (primary N) is 1. The van der Waals surface area contributed by atoms with Crippen molar-refractivity contribution in [2.45, 2.75) is 24.6 Å². The molecule has 1 aromatic carbocycles. The molecular formula is C15H19N3O2S. The van der Waals surface area contributed by atoms with Crippen molar-refractivity contribution in [2.75, 3.05) is 6.54 Å². The second-order valence-corrected chi connectivity index (χ2v) is 7.41. The van der Waals surface area contributed by atoms with E-state index in [2.05, 4.69) is 9.71 Å². The zero-order valence-corrected chi connectivity index (χ0v) is 12.5. The molecule has 1 aliphatic rings. The van der Waals surface area contributed by atoms with E-state index in [0.717, 1.165) is 23.7 Å². The third-order valence-electron chi connectivity index (χ3n) is 3.83. The van der Waals surface area contributed by atoms with Gasteiger partial charge < -0.3 is 5.73 Å². The Balaban J connectivity index is 1.74. The fourth-order valence-electron chi connectivity index (χ4n) is 2.45. The van der Waals surface area contributed by atoms with E-state index in [0.29, 0.717) is 18.0 Å². The van der Waals surface area contributed by atoms with Gasteiger partial charge in [0.15, 0.2) is 0 Å². The maximum Gasteiger partial charge on any atom is 0.215 e. The number of nitrogens with zero attached hydrogens (tertiary/aromatic N) is 1. The second kappa shape index (κ2) is 5.71. The topological polar surface area (TPSA) is 85.1 Å². The number of rotatable bonds is 6. The number of hydrogen-bond donors (Lipinski definition) is 2. The minimum absolute atomic E-state index is 0.0707. The van der Waals surface area contributed by atoms with Crippen molar-refractivity contribution < 1.29 is 8.42 Å². The first kappa shape index (κ1) is 14.4. The summed E-state index contributed by atoms with van der Waals surface area (Å²) in [6, 6.07) is 9.27.